The fourth-order valence-electron chi connectivity index (χ4n) is 3.55. The van der Waals surface area contributed by atoms with Crippen LogP contribution in [-0.2, 0) is 27.3 Å². The third kappa shape index (κ3) is 5.49. The number of esters is 1. The molecule has 2 aromatic rings. The van der Waals surface area contributed by atoms with E-state index >= 15 is 0 Å². The van der Waals surface area contributed by atoms with E-state index < -0.39 is 24.0 Å². The van der Waals surface area contributed by atoms with Gasteiger partial charge in [-0.2, -0.15) is 0 Å². The Balaban J connectivity index is 1.80. The van der Waals surface area contributed by atoms with Gasteiger partial charge in [-0.25, -0.2) is 9.88 Å². The summed E-state index contributed by atoms with van der Waals surface area (Å²) in [6, 6.07) is 4.40. The average molecular weight is 532 g/mol. The van der Waals surface area contributed by atoms with Gasteiger partial charge in [0, 0.05) is 33.4 Å². The van der Waals surface area contributed by atoms with E-state index in [-0.39, 0.29) is 12.6 Å². The molecule has 9 heteroatoms. The summed E-state index contributed by atoms with van der Waals surface area (Å²) in [5, 5.41) is 10.3. The van der Waals surface area contributed by atoms with E-state index in [0.29, 0.717) is 24.4 Å². The molecule has 0 saturated carbocycles. The number of halogens is 2. The second-order valence-corrected chi connectivity index (χ2v) is 9.28. The first-order chi connectivity index (χ1) is 13.7. The Hall–Kier alpha value is -1.65. The second kappa shape index (κ2) is 9.44. The van der Waals surface area contributed by atoms with Crippen LogP contribution in [0.2, 0.25) is 5.02 Å². The Labute approximate surface area is 188 Å². The lowest BCUT2D eigenvalue weighted by Crippen LogP contribution is -2.47. The topological polar surface area (TPSA) is 84.7 Å². The number of hydrogen-bond donors (Lipinski definition) is 1. The maximum atomic E-state index is 12.4. The number of carbonyl (C=O) groups excluding carboxylic acids is 1. The first-order valence-corrected chi connectivity index (χ1v) is 10.8. The molecule has 29 heavy (non-hydrogen) atoms. The van der Waals surface area contributed by atoms with Crippen molar-refractivity contribution in [1.29, 1.82) is 0 Å². The molecule has 2 unspecified atom stereocenters. The third-order valence-electron chi connectivity index (χ3n) is 4.88. The molecular weight excluding hydrogens is 509 g/mol. The molecule has 1 saturated heterocycles. The zero-order valence-electron chi connectivity index (χ0n) is 16.2. The van der Waals surface area contributed by atoms with Crippen molar-refractivity contribution < 1.29 is 19.4 Å². The standard InChI is InChI=1S/C20H23ClIN3O4/c1-12(2)3-17(19(26)27)25-11-29-20(28)18(25)7-16-8-23-10-24(16)9-13-4-14(21)6-15(22)5-13/h4-6,8,10,12,17-18H,3,7,9,11H2,1-2H3,(H,26,27). The Bertz CT molecular complexity index is 881. The van der Waals surface area contributed by atoms with E-state index in [4.69, 9.17) is 16.3 Å². The lowest BCUT2D eigenvalue weighted by molar-refractivity contribution is -0.145. The molecule has 1 aliphatic rings. The first-order valence-electron chi connectivity index (χ1n) is 9.33. The summed E-state index contributed by atoms with van der Waals surface area (Å²) in [5.41, 5.74) is 1.86. The number of aliphatic carboxylic acids is 1. The minimum absolute atomic E-state index is 0.00614. The van der Waals surface area contributed by atoms with Crippen molar-refractivity contribution in [1.82, 2.24) is 14.5 Å². The van der Waals surface area contributed by atoms with Crippen molar-refractivity contribution in [3.8, 4) is 0 Å². The van der Waals surface area contributed by atoms with Crippen LogP contribution in [0.4, 0.5) is 0 Å². The summed E-state index contributed by atoms with van der Waals surface area (Å²) in [7, 11) is 0. The van der Waals surface area contributed by atoms with Gasteiger partial charge >= 0.3 is 11.9 Å². The third-order valence-corrected chi connectivity index (χ3v) is 5.73. The summed E-state index contributed by atoms with van der Waals surface area (Å²) in [6.07, 6.45) is 4.19. The van der Waals surface area contributed by atoms with Gasteiger partial charge in [-0.1, -0.05) is 25.4 Å². The van der Waals surface area contributed by atoms with Gasteiger partial charge in [0.05, 0.1) is 6.33 Å². The second-order valence-electron chi connectivity index (χ2n) is 7.60. The first kappa shape index (κ1) is 22.0. The van der Waals surface area contributed by atoms with E-state index in [1.165, 1.54) is 0 Å². The molecule has 1 aliphatic heterocycles. The number of rotatable bonds is 8. The average Bonchev–Trinajstić information content (AvgIpc) is 3.19. The van der Waals surface area contributed by atoms with Gasteiger partial charge in [0.2, 0.25) is 0 Å². The van der Waals surface area contributed by atoms with Gasteiger partial charge < -0.3 is 14.4 Å². The molecule has 3 rings (SSSR count). The summed E-state index contributed by atoms with van der Waals surface area (Å²) in [6.45, 7) is 4.48. The number of hydrogen-bond acceptors (Lipinski definition) is 5. The van der Waals surface area contributed by atoms with Gasteiger partial charge in [0.1, 0.15) is 18.8 Å². The predicted octanol–water partition coefficient (Wildman–Crippen LogP) is 3.42. The van der Waals surface area contributed by atoms with Gasteiger partial charge in [-0.3, -0.25) is 9.59 Å². The number of imidazole rings is 1. The molecule has 7 nitrogen and oxygen atoms in total. The van der Waals surface area contributed by atoms with Crippen LogP contribution in [0.25, 0.3) is 0 Å². The van der Waals surface area contributed by atoms with Gasteiger partial charge in [-0.05, 0) is 58.7 Å². The fraction of sp³-hybridized carbons (Fsp3) is 0.450. The zero-order valence-corrected chi connectivity index (χ0v) is 19.1. The van der Waals surface area contributed by atoms with Gasteiger partial charge in [0.25, 0.3) is 0 Å². The minimum Gasteiger partial charge on any atom is -0.480 e. The smallest absolute Gasteiger partial charge is 0.325 e. The molecule has 1 aromatic carbocycles. The number of carbonyl (C=O) groups is 2. The molecule has 1 N–H and O–H groups in total. The van der Waals surface area contributed by atoms with Crippen LogP contribution in [0.5, 0.6) is 0 Å². The number of carboxylic acid groups (broad SMARTS) is 1. The highest BCUT2D eigenvalue weighted by molar-refractivity contribution is 14.1. The molecule has 2 heterocycles. The van der Waals surface area contributed by atoms with Crippen molar-refractivity contribution in [3.63, 3.8) is 0 Å². The van der Waals surface area contributed by atoms with Crippen LogP contribution in [-0.4, -0.2) is 50.3 Å². The van der Waals surface area contributed by atoms with Crippen molar-refractivity contribution in [2.75, 3.05) is 6.73 Å². The van der Waals surface area contributed by atoms with E-state index in [1.807, 2.05) is 36.6 Å². The van der Waals surface area contributed by atoms with Crippen molar-refractivity contribution in [2.24, 2.45) is 5.92 Å². The maximum absolute atomic E-state index is 12.4. The van der Waals surface area contributed by atoms with Crippen LogP contribution < -0.4 is 0 Å². The van der Waals surface area contributed by atoms with Crippen molar-refractivity contribution in [2.45, 2.75) is 45.3 Å². The Kier molecular flexibility index (Phi) is 7.18. The largest absolute Gasteiger partial charge is 0.480 e. The number of cyclic esters (lactones) is 1. The molecule has 1 aromatic heterocycles. The molecular formula is C20H23ClIN3O4. The number of carboxylic acids is 1. The number of aromatic nitrogens is 2. The van der Waals surface area contributed by atoms with E-state index in [1.54, 1.807) is 17.4 Å². The molecule has 0 aliphatic carbocycles. The highest BCUT2D eigenvalue weighted by Crippen LogP contribution is 2.24. The number of nitrogens with zero attached hydrogens (tertiary/aromatic N) is 3. The Morgan fingerprint density at radius 1 is 1.41 bits per heavy atom. The van der Waals surface area contributed by atoms with Crippen molar-refractivity contribution in [3.05, 3.63) is 50.6 Å². The van der Waals surface area contributed by atoms with E-state index in [2.05, 4.69) is 27.6 Å². The highest BCUT2D eigenvalue weighted by Gasteiger charge is 2.42. The number of benzene rings is 1. The van der Waals surface area contributed by atoms with E-state index in [9.17, 15) is 14.7 Å². The van der Waals surface area contributed by atoms with Crippen LogP contribution in [0.1, 0.15) is 31.5 Å². The summed E-state index contributed by atoms with van der Waals surface area (Å²) < 4.78 is 8.19. The predicted molar refractivity (Wildman–Crippen MR) is 117 cm³/mol. The highest BCUT2D eigenvalue weighted by atomic mass is 127. The summed E-state index contributed by atoms with van der Waals surface area (Å²) >= 11 is 8.37. The maximum Gasteiger partial charge on any atom is 0.325 e. The van der Waals surface area contributed by atoms with Crippen LogP contribution in [0.3, 0.4) is 0 Å². The van der Waals surface area contributed by atoms with Gasteiger partial charge in [0.15, 0.2) is 0 Å². The molecule has 1 fully saturated rings. The Morgan fingerprint density at radius 2 is 2.17 bits per heavy atom. The molecule has 156 valence electrons. The van der Waals surface area contributed by atoms with Gasteiger partial charge in [-0.15, -0.1) is 0 Å². The molecule has 2 atom stereocenters. The monoisotopic (exact) mass is 531 g/mol. The normalized spacial score (nSPS) is 18.2. The van der Waals surface area contributed by atoms with Crippen LogP contribution >= 0.6 is 34.2 Å². The minimum atomic E-state index is -0.941. The van der Waals surface area contributed by atoms with E-state index in [0.717, 1.165) is 14.8 Å². The van der Waals surface area contributed by atoms with Crippen LogP contribution in [0.15, 0.2) is 30.7 Å². The van der Waals surface area contributed by atoms with Crippen molar-refractivity contribution >= 4 is 46.1 Å². The summed E-state index contributed by atoms with van der Waals surface area (Å²) in [4.78, 5) is 30.1. The number of ether oxygens (including phenoxy) is 1. The lowest BCUT2D eigenvalue weighted by atomic mass is 10.0. The molecule has 0 amide bonds. The lowest BCUT2D eigenvalue weighted by Gasteiger charge is -2.27. The molecule has 0 bridgehead atoms. The quantitative estimate of drug-likeness (QED) is 0.415. The zero-order chi connectivity index (χ0) is 21.1. The molecule has 0 radical (unpaired) electrons. The molecule has 0 spiro atoms. The SMILES string of the molecule is CC(C)CC(C(=O)O)N1COC(=O)C1Cc1cncn1Cc1cc(Cl)cc(I)c1. The Morgan fingerprint density at radius 3 is 2.83 bits per heavy atom. The van der Waals surface area contributed by atoms with Crippen LogP contribution in [0, 0.1) is 9.49 Å². The fourth-order valence-corrected chi connectivity index (χ4v) is 4.73. The summed E-state index contributed by atoms with van der Waals surface area (Å²) in [5.74, 6) is -1.16.